The predicted molar refractivity (Wildman–Crippen MR) is 77.7 cm³/mol. The third-order valence-electron chi connectivity index (χ3n) is 3.00. The summed E-state index contributed by atoms with van der Waals surface area (Å²) in [6.07, 6.45) is 2.01. The second kappa shape index (κ2) is 5.89. The summed E-state index contributed by atoms with van der Waals surface area (Å²) in [6.45, 7) is 14.2. The van der Waals surface area contributed by atoms with Crippen LogP contribution < -0.4 is 0 Å². The highest BCUT2D eigenvalue weighted by Crippen LogP contribution is 2.37. The van der Waals surface area contributed by atoms with Crippen molar-refractivity contribution >= 4 is 5.78 Å². The van der Waals surface area contributed by atoms with Crippen molar-refractivity contribution in [3.63, 3.8) is 0 Å². The van der Waals surface area contributed by atoms with Crippen molar-refractivity contribution in [2.24, 2.45) is 5.92 Å². The van der Waals surface area contributed by atoms with E-state index in [1.54, 1.807) is 0 Å². The number of ketones is 1. The van der Waals surface area contributed by atoms with E-state index < -0.39 is 0 Å². The maximum absolute atomic E-state index is 12.2. The van der Waals surface area contributed by atoms with Crippen LogP contribution in [0.15, 0.2) is 4.42 Å². The van der Waals surface area contributed by atoms with Crippen LogP contribution in [0.5, 0.6) is 0 Å². The van der Waals surface area contributed by atoms with E-state index in [-0.39, 0.29) is 23.0 Å². The maximum Gasteiger partial charge on any atom is 0.197 e. The lowest BCUT2D eigenvalue weighted by atomic mass is 9.90. The van der Waals surface area contributed by atoms with Gasteiger partial charge in [0.2, 0.25) is 0 Å². The molecule has 1 aromatic rings. The third kappa shape index (κ3) is 3.68. The standard InChI is InChI=1S/C14H21NO2.C2H6/c1-8(2)13-15-10(11(16)9-6-7-9)12(17-13)14(3,4)5;1-2/h8-9H,6-7H2,1-5H3;1-2H3. The van der Waals surface area contributed by atoms with Gasteiger partial charge in [0.05, 0.1) is 0 Å². The molecule has 1 fully saturated rings. The predicted octanol–water partition coefficient (Wildman–Crippen LogP) is 4.71. The monoisotopic (exact) mass is 265 g/mol. The van der Waals surface area contributed by atoms with Crippen LogP contribution in [-0.2, 0) is 5.41 Å². The molecule has 1 aliphatic carbocycles. The number of rotatable bonds is 3. The maximum atomic E-state index is 12.2. The Morgan fingerprint density at radius 2 is 1.79 bits per heavy atom. The summed E-state index contributed by atoms with van der Waals surface area (Å²) in [5, 5.41) is 0. The SMILES string of the molecule is CC.CC(C)c1nc(C(=O)C2CC2)c(C(C)(C)C)o1. The normalized spacial score (nSPS) is 15.2. The van der Waals surface area contributed by atoms with Crippen LogP contribution >= 0.6 is 0 Å². The van der Waals surface area contributed by atoms with E-state index >= 15 is 0 Å². The quantitative estimate of drug-likeness (QED) is 0.743. The molecular weight excluding hydrogens is 238 g/mol. The fourth-order valence-corrected chi connectivity index (χ4v) is 1.80. The van der Waals surface area contributed by atoms with E-state index in [4.69, 9.17) is 4.42 Å². The molecular formula is C16H27NO2. The van der Waals surface area contributed by atoms with Gasteiger partial charge in [-0.15, -0.1) is 0 Å². The minimum atomic E-state index is -0.167. The van der Waals surface area contributed by atoms with E-state index in [9.17, 15) is 4.79 Å². The van der Waals surface area contributed by atoms with Gasteiger partial charge in [-0.05, 0) is 12.8 Å². The van der Waals surface area contributed by atoms with Gasteiger partial charge < -0.3 is 4.42 Å². The molecule has 1 heterocycles. The zero-order valence-electron chi connectivity index (χ0n) is 13.3. The second-order valence-corrected chi connectivity index (χ2v) is 6.27. The number of aromatic nitrogens is 1. The molecule has 0 aromatic carbocycles. The van der Waals surface area contributed by atoms with Crippen LogP contribution in [0.3, 0.4) is 0 Å². The van der Waals surface area contributed by atoms with Gasteiger partial charge in [-0.1, -0.05) is 48.5 Å². The molecule has 1 aromatic heterocycles. The first-order valence-electron chi connectivity index (χ1n) is 7.36. The van der Waals surface area contributed by atoms with Gasteiger partial charge in [0, 0.05) is 17.3 Å². The van der Waals surface area contributed by atoms with Crippen molar-refractivity contribution in [3.05, 3.63) is 17.3 Å². The Bertz CT molecular complexity index is 434. The van der Waals surface area contributed by atoms with Gasteiger partial charge in [-0.3, -0.25) is 4.79 Å². The number of Topliss-reactive ketones (excluding diaryl/α,β-unsaturated/α-hetero) is 1. The number of carbonyl (C=O) groups is 1. The highest BCUT2D eigenvalue weighted by molar-refractivity contribution is 5.98. The summed E-state index contributed by atoms with van der Waals surface area (Å²) in [7, 11) is 0. The lowest BCUT2D eigenvalue weighted by Gasteiger charge is -2.15. The number of carbonyl (C=O) groups excluding carboxylic acids is 1. The minimum absolute atomic E-state index is 0.167. The molecule has 0 N–H and O–H groups in total. The molecule has 0 spiro atoms. The Morgan fingerprint density at radius 1 is 1.26 bits per heavy atom. The summed E-state index contributed by atoms with van der Waals surface area (Å²) >= 11 is 0. The van der Waals surface area contributed by atoms with E-state index in [0.29, 0.717) is 11.6 Å². The molecule has 1 aliphatic rings. The largest absolute Gasteiger partial charge is 0.444 e. The van der Waals surface area contributed by atoms with Crippen molar-refractivity contribution < 1.29 is 9.21 Å². The Labute approximate surface area is 116 Å². The highest BCUT2D eigenvalue weighted by Gasteiger charge is 2.37. The summed E-state index contributed by atoms with van der Waals surface area (Å²) in [4.78, 5) is 16.6. The summed E-state index contributed by atoms with van der Waals surface area (Å²) in [5.41, 5.74) is 0.406. The minimum Gasteiger partial charge on any atom is -0.444 e. The zero-order chi connectivity index (χ0) is 14.8. The van der Waals surface area contributed by atoms with Gasteiger partial charge >= 0.3 is 0 Å². The second-order valence-electron chi connectivity index (χ2n) is 6.27. The molecule has 0 amide bonds. The average Bonchev–Trinajstić information content (AvgIpc) is 3.06. The molecule has 0 radical (unpaired) electrons. The fraction of sp³-hybridized carbons (Fsp3) is 0.750. The van der Waals surface area contributed by atoms with Gasteiger partial charge in [0.1, 0.15) is 11.5 Å². The Hall–Kier alpha value is -1.12. The van der Waals surface area contributed by atoms with Crippen LogP contribution in [0.25, 0.3) is 0 Å². The molecule has 3 nitrogen and oxygen atoms in total. The number of nitrogens with zero attached hydrogens (tertiary/aromatic N) is 1. The van der Waals surface area contributed by atoms with Crippen LogP contribution in [0.1, 0.15) is 89.4 Å². The zero-order valence-corrected chi connectivity index (χ0v) is 13.3. The molecule has 1 saturated carbocycles. The molecule has 0 unspecified atom stereocenters. The molecule has 0 aliphatic heterocycles. The van der Waals surface area contributed by atoms with Crippen LogP contribution in [0.4, 0.5) is 0 Å². The van der Waals surface area contributed by atoms with Crippen molar-refractivity contribution in [1.29, 1.82) is 0 Å². The molecule has 2 rings (SSSR count). The number of oxazole rings is 1. The van der Waals surface area contributed by atoms with Gasteiger partial charge in [0.25, 0.3) is 0 Å². The van der Waals surface area contributed by atoms with Crippen molar-refractivity contribution in [3.8, 4) is 0 Å². The topological polar surface area (TPSA) is 43.1 Å². The molecule has 0 bridgehead atoms. The first-order valence-corrected chi connectivity index (χ1v) is 7.36. The fourth-order valence-electron chi connectivity index (χ4n) is 1.80. The lowest BCUT2D eigenvalue weighted by Crippen LogP contribution is -2.16. The van der Waals surface area contributed by atoms with E-state index in [1.165, 1.54) is 0 Å². The smallest absolute Gasteiger partial charge is 0.197 e. The Morgan fingerprint density at radius 3 is 2.16 bits per heavy atom. The Balaban J connectivity index is 0.000000861. The van der Waals surface area contributed by atoms with E-state index in [1.807, 2.05) is 27.7 Å². The van der Waals surface area contributed by atoms with E-state index in [0.717, 1.165) is 18.6 Å². The lowest BCUT2D eigenvalue weighted by molar-refractivity contribution is 0.0959. The first-order chi connectivity index (χ1) is 8.80. The van der Waals surface area contributed by atoms with Gasteiger partial charge in [-0.25, -0.2) is 4.98 Å². The molecule has 19 heavy (non-hydrogen) atoms. The number of hydrogen-bond acceptors (Lipinski definition) is 3. The van der Waals surface area contributed by atoms with Crippen LogP contribution in [-0.4, -0.2) is 10.8 Å². The highest BCUT2D eigenvalue weighted by atomic mass is 16.4. The van der Waals surface area contributed by atoms with Crippen molar-refractivity contribution in [2.75, 3.05) is 0 Å². The molecule has 108 valence electrons. The van der Waals surface area contributed by atoms with Crippen LogP contribution in [0, 0.1) is 5.92 Å². The first kappa shape index (κ1) is 15.9. The Kier molecular flexibility index (Phi) is 4.94. The molecule has 0 atom stereocenters. The summed E-state index contributed by atoms with van der Waals surface area (Å²) in [5.74, 6) is 2.01. The molecule has 3 heteroatoms. The molecule has 0 saturated heterocycles. The van der Waals surface area contributed by atoms with Crippen LogP contribution in [0.2, 0.25) is 0 Å². The number of hydrogen-bond donors (Lipinski definition) is 0. The third-order valence-corrected chi connectivity index (χ3v) is 3.00. The average molecular weight is 265 g/mol. The van der Waals surface area contributed by atoms with E-state index in [2.05, 4.69) is 25.8 Å². The summed E-state index contributed by atoms with van der Waals surface area (Å²) < 4.78 is 5.81. The van der Waals surface area contributed by atoms with Crippen molar-refractivity contribution in [1.82, 2.24) is 4.98 Å². The van der Waals surface area contributed by atoms with Gasteiger partial charge in [0.15, 0.2) is 11.7 Å². The van der Waals surface area contributed by atoms with Crippen molar-refractivity contribution in [2.45, 2.75) is 72.6 Å². The summed E-state index contributed by atoms with van der Waals surface area (Å²) in [6, 6.07) is 0. The van der Waals surface area contributed by atoms with Gasteiger partial charge in [-0.2, -0.15) is 0 Å².